The quantitative estimate of drug-likeness (QED) is 0.466. The molecule has 0 amide bonds. The fourth-order valence-electron chi connectivity index (χ4n) is 2.94. The monoisotopic (exact) mass is 362 g/mol. The second-order valence-corrected chi connectivity index (χ2v) is 7.10. The maximum absolute atomic E-state index is 11.7. The summed E-state index contributed by atoms with van der Waals surface area (Å²) in [5, 5.41) is 1.92. The molecule has 4 aromatic rings. The van der Waals surface area contributed by atoms with Crippen LogP contribution in [-0.2, 0) is 6.61 Å². The average molecular weight is 362 g/mol. The van der Waals surface area contributed by atoms with Gasteiger partial charge in [0, 0.05) is 17.1 Å². The summed E-state index contributed by atoms with van der Waals surface area (Å²) in [7, 11) is 0. The molecule has 0 unspecified atom stereocenters. The number of carbonyl (C=O) groups excluding carboxylic acids is 1. The SMILES string of the molecule is Cc1cc(OCc2ccccc2)c(-c2nc3sccn3c2C=O)cc1C. The molecule has 0 bridgehead atoms. The first-order chi connectivity index (χ1) is 12.7. The van der Waals surface area contributed by atoms with Crippen molar-refractivity contribution in [2.45, 2.75) is 20.5 Å². The molecule has 2 heterocycles. The largest absolute Gasteiger partial charge is 0.488 e. The van der Waals surface area contributed by atoms with Crippen LogP contribution in [0.3, 0.4) is 0 Å². The van der Waals surface area contributed by atoms with Gasteiger partial charge in [-0.1, -0.05) is 30.3 Å². The number of ether oxygens (including phenoxy) is 1. The minimum atomic E-state index is 0.467. The summed E-state index contributed by atoms with van der Waals surface area (Å²) >= 11 is 1.51. The van der Waals surface area contributed by atoms with E-state index in [-0.39, 0.29) is 0 Å². The smallest absolute Gasteiger partial charge is 0.194 e. The molecule has 4 rings (SSSR count). The molecule has 2 aromatic heterocycles. The summed E-state index contributed by atoms with van der Waals surface area (Å²) in [6.07, 6.45) is 2.73. The van der Waals surface area contributed by atoms with E-state index >= 15 is 0 Å². The van der Waals surface area contributed by atoms with Gasteiger partial charge in [0.05, 0.1) is 0 Å². The van der Waals surface area contributed by atoms with Gasteiger partial charge >= 0.3 is 0 Å². The topological polar surface area (TPSA) is 43.6 Å². The first-order valence-corrected chi connectivity index (χ1v) is 9.24. The van der Waals surface area contributed by atoms with E-state index in [9.17, 15) is 4.79 Å². The number of rotatable bonds is 5. The van der Waals surface area contributed by atoms with Crippen molar-refractivity contribution in [1.29, 1.82) is 0 Å². The Hall–Kier alpha value is -2.92. The molecule has 0 radical (unpaired) electrons. The maximum Gasteiger partial charge on any atom is 0.194 e. The third kappa shape index (κ3) is 2.91. The third-order valence-corrected chi connectivity index (χ3v) is 5.26. The van der Waals surface area contributed by atoms with Gasteiger partial charge in [0.2, 0.25) is 0 Å². The lowest BCUT2D eigenvalue weighted by molar-refractivity contribution is 0.111. The second-order valence-electron chi connectivity index (χ2n) is 6.23. The van der Waals surface area contributed by atoms with Gasteiger partial charge in [0.15, 0.2) is 11.2 Å². The Morgan fingerprint density at radius 2 is 1.92 bits per heavy atom. The molecule has 0 aliphatic heterocycles. The molecule has 0 aliphatic rings. The molecule has 0 aliphatic carbocycles. The molecule has 4 nitrogen and oxygen atoms in total. The van der Waals surface area contributed by atoms with Crippen molar-refractivity contribution >= 4 is 22.6 Å². The standard InChI is InChI=1S/C21H18N2O2S/c1-14-10-17(20-18(12-24)23-8-9-26-21(23)22-20)19(11-15(14)2)25-13-16-6-4-3-5-7-16/h3-12H,13H2,1-2H3. The number of hydrogen-bond acceptors (Lipinski definition) is 4. The number of imidazole rings is 1. The molecule has 0 spiro atoms. The minimum Gasteiger partial charge on any atom is -0.488 e. The van der Waals surface area contributed by atoms with Crippen LogP contribution < -0.4 is 4.74 Å². The number of carbonyl (C=O) groups is 1. The predicted molar refractivity (Wildman–Crippen MR) is 104 cm³/mol. The average Bonchev–Trinajstić information content (AvgIpc) is 3.24. The van der Waals surface area contributed by atoms with Crippen LogP contribution in [0.4, 0.5) is 0 Å². The van der Waals surface area contributed by atoms with E-state index in [4.69, 9.17) is 4.74 Å². The normalized spacial score (nSPS) is 11.0. The minimum absolute atomic E-state index is 0.467. The molecular weight excluding hydrogens is 344 g/mol. The highest BCUT2D eigenvalue weighted by atomic mass is 32.1. The van der Waals surface area contributed by atoms with Gasteiger partial charge in [-0.3, -0.25) is 9.20 Å². The van der Waals surface area contributed by atoms with Gasteiger partial charge in [-0.25, -0.2) is 4.98 Å². The van der Waals surface area contributed by atoms with Crippen LogP contribution in [0.1, 0.15) is 27.2 Å². The number of aromatic nitrogens is 2. The van der Waals surface area contributed by atoms with Crippen LogP contribution in [0.15, 0.2) is 54.0 Å². The van der Waals surface area contributed by atoms with Crippen LogP contribution in [0.5, 0.6) is 5.75 Å². The van der Waals surface area contributed by atoms with Crippen LogP contribution >= 0.6 is 11.3 Å². The van der Waals surface area contributed by atoms with Gasteiger partial charge in [-0.2, -0.15) is 0 Å². The fraction of sp³-hybridized carbons (Fsp3) is 0.143. The molecule has 0 saturated carbocycles. The number of thiazole rings is 1. The van der Waals surface area contributed by atoms with Crippen molar-refractivity contribution in [2.24, 2.45) is 0 Å². The molecule has 0 atom stereocenters. The van der Waals surface area contributed by atoms with Crippen molar-refractivity contribution < 1.29 is 9.53 Å². The first kappa shape index (κ1) is 16.5. The second kappa shape index (κ2) is 6.77. The van der Waals surface area contributed by atoms with Gasteiger partial charge in [0.1, 0.15) is 23.7 Å². The van der Waals surface area contributed by atoms with E-state index < -0.39 is 0 Å². The van der Waals surface area contributed by atoms with Crippen molar-refractivity contribution in [1.82, 2.24) is 9.38 Å². The summed E-state index contributed by atoms with van der Waals surface area (Å²) in [5.74, 6) is 0.741. The summed E-state index contributed by atoms with van der Waals surface area (Å²) in [4.78, 5) is 17.2. The van der Waals surface area contributed by atoms with Crippen molar-refractivity contribution in [2.75, 3.05) is 0 Å². The Bertz CT molecular complexity index is 1080. The zero-order valence-electron chi connectivity index (χ0n) is 14.6. The summed E-state index contributed by atoms with van der Waals surface area (Å²) in [5.41, 5.74) is 5.44. The van der Waals surface area contributed by atoms with E-state index in [0.717, 1.165) is 39.3 Å². The number of aldehydes is 1. The highest BCUT2D eigenvalue weighted by molar-refractivity contribution is 7.15. The van der Waals surface area contributed by atoms with Crippen LogP contribution in [0.2, 0.25) is 0 Å². The summed E-state index contributed by atoms with van der Waals surface area (Å²) < 4.78 is 7.95. The molecular formula is C21H18N2O2S. The van der Waals surface area contributed by atoms with Gasteiger partial charge in [-0.05, 0) is 42.7 Å². The van der Waals surface area contributed by atoms with Gasteiger partial charge in [0.25, 0.3) is 0 Å². The van der Waals surface area contributed by atoms with E-state index in [1.165, 1.54) is 11.3 Å². The van der Waals surface area contributed by atoms with Crippen LogP contribution in [0.25, 0.3) is 16.2 Å². The number of nitrogens with zero attached hydrogens (tertiary/aromatic N) is 2. The zero-order chi connectivity index (χ0) is 18.1. The molecule has 26 heavy (non-hydrogen) atoms. The van der Waals surface area contributed by atoms with Crippen molar-refractivity contribution in [3.05, 3.63) is 76.4 Å². The molecule has 130 valence electrons. The number of benzene rings is 2. The number of hydrogen-bond donors (Lipinski definition) is 0. The molecule has 0 saturated heterocycles. The highest BCUT2D eigenvalue weighted by Gasteiger charge is 2.19. The fourth-order valence-corrected chi connectivity index (χ4v) is 3.66. The molecule has 0 N–H and O–H groups in total. The Labute approximate surface area is 155 Å². The Morgan fingerprint density at radius 3 is 2.69 bits per heavy atom. The number of fused-ring (bicyclic) bond motifs is 1. The van der Waals surface area contributed by atoms with Crippen LogP contribution in [-0.4, -0.2) is 15.7 Å². The Kier molecular flexibility index (Phi) is 4.31. The Morgan fingerprint density at radius 1 is 1.15 bits per heavy atom. The van der Waals surface area contributed by atoms with E-state index in [1.807, 2.05) is 52.4 Å². The van der Waals surface area contributed by atoms with E-state index in [0.29, 0.717) is 18.0 Å². The lowest BCUT2D eigenvalue weighted by Crippen LogP contribution is -2.00. The lowest BCUT2D eigenvalue weighted by atomic mass is 10.0. The predicted octanol–water partition coefficient (Wildman–Crippen LogP) is 5.07. The first-order valence-electron chi connectivity index (χ1n) is 8.36. The molecule has 2 aromatic carbocycles. The van der Waals surface area contributed by atoms with E-state index in [2.05, 4.69) is 24.9 Å². The lowest BCUT2D eigenvalue weighted by Gasteiger charge is -2.14. The third-order valence-electron chi connectivity index (χ3n) is 4.50. The van der Waals surface area contributed by atoms with Crippen molar-refractivity contribution in [3.63, 3.8) is 0 Å². The van der Waals surface area contributed by atoms with Gasteiger partial charge < -0.3 is 4.74 Å². The van der Waals surface area contributed by atoms with Crippen molar-refractivity contribution in [3.8, 4) is 17.0 Å². The summed E-state index contributed by atoms with van der Waals surface area (Å²) in [6, 6.07) is 14.1. The summed E-state index contributed by atoms with van der Waals surface area (Å²) in [6.45, 7) is 4.58. The number of aryl methyl sites for hydroxylation is 2. The molecule has 5 heteroatoms. The molecule has 0 fully saturated rings. The van der Waals surface area contributed by atoms with Gasteiger partial charge in [-0.15, -0.1) is 11.3 Å². The van der Waals surface area contributed by atoms with E-state index in [1.54, 1.807) is 0 Å². The maximum atomic E-state index is 11.7. The zero-order valence-corrected chi connectivity index (χ0v) is 15.4. The highest BCUT2D eigenvalue weighted by Crippen LogP contribution is 2.35. The van der Waals surface area contributed by atoms with Crippen LogP contribution in [0, 0.1) is 13.8 Å². The Balaban J connectivity index is 1.80.